The maximum absolute atomic E-state index is 13.5. The third-order valence-corrected chi connectivity index (χ3v) is 2.92. The molecule has 5 nitrogen and oxygen atoms in total. The summed E-state index contributed by atoms with van der Waals surface area (Å²) in [7, 11) is 0. The van der Waals surface area contributed by atoms with Crippen molar-refractivity contribution in [3.8, 4) is 0 Å². The van der Waals surface area contributed by atoms with Crippen LogP contribution >= 0.6 is 0 Å². The van der Waals surface area contributed by atoms with E-state index in [1.807, 2.05) is 0 Å². The minimum Gasteiger partial charge on any atom is -0.386 e. The molecule has 2 aromatic carbocycles. The van der Waals surface area contributed by atoms with E-state index in [-0.39, 0.29) is 17.8 Å². The van der Waals surface area contributed by atoms with Gasteiger partial charge in [-0.1, -0.05) is 24.3 Å². The van der Waals surface area contributed by atoms with Crippen LogP contribution in [0.2, 0.25) is 0 Å². The number of nitrogens with zero attached hydrogens (tertiary/aromatic N) is 1. The Bertz CT molecular complexity index is 664. The lowest BCUT2D eigenvalue weighted by Crippen LogP contribution is -2.14. The molecule has 7 heteroatoms. The van der Waals surface area contributed by atoms with E-state index in [0.29, 0.717) is 0 Å². The molecule has 1 atom stereocenters. The number of halogens is 2. The van der Waals surface area contributed by atoms with Crippen LogP contribution in [0, 0.1) is 21.7 Å². The summed E-state index contributed by atoms with van der Waals surface area (Å²) in [5.74, 6) is -1.56. The second-order valence-corrected chi connectivity index (χ2v) is 4.31. The Hall–Kier alpha value is -2.54. The third-order valence-electron chi connectivity index (χ3n) is 2.92. The number of aliphatic hydroxyl groups excluding tert-OH is 1. The Morgan fingerprint density at radius 1 is 1.14 bits per heavy atom. The lowest BCUT2D eigenvalue weighted by Gasteiger charge is -2.14. The fourth-order valence-corrected chi connectivity index (χ4v) is 1.91. The van der Waals surface area contributed by atoms with Crippen molar-refractivity contribution in [3.05, 3.63) is 69.8 Å². The number of benzene rings is 2. The molecular formula is C14H12F2N2O3. The Morgan fingerprint density at radius 2 is 1.81 bits per heavy atom. The molecule has 0 aliphatic rings. The molecule has 0 saturated heterocycles. The van der Waals surface area contributed by atoms with Gasteiger partial charge in [0, 0.05) is 12.1 Å². The van der Waals surface area contributed by atoms with Crippen molar-refractivity contribution in [3.63, 3.8) is 0 Å². The average Bonchev–Trinajstić information content (AvgIpc) is 2.44. The largest absolute Gasteiger partial charge is 0.386 e. The highest BCUT2D eigenvalue weighted by atomic mass is 19.1. The number of anilines is 1. The first-order chi connectivity index (χ1) is 10.0. The number of para-hydroxylation sites is 1. The second-order valence-electron chi connectivity index (χ2n) is 4.31. The first kappa shape index (κ1) is 14.9. The van der Waals surface area contributed by atoms with Gasteiger partial charge in [-0.05, 0) is 18.2 Å². The Morgan fingerprint density at radius 3 is 2.48 bits per heavy atom. The van der Waals surface area contributed by atoms with Gasteiger partial charge >= 0.3 is 5.69 Å². The van der Waals surface area contributed by atoms with Crippen molar-refractivity contribution in [2.24, 2.45) is 0 Å². The molecule has 2 aromatic rings. The number of nitro groups is 1. The topological polar surface area (TPSA) is 75.4 Å². The van der Waals surface area contributed by atoms with E-state index < -0.39 is 28.3 Å². The summed E-state index contributed by atoms with van der Waals surface area (Å²) in [6.45, 7) is -0.189. The standard InChI is InChI=1S/C14H12F2N2O3/c15-10-5-2-1-4-9(10)13(19)8-17-12-7-3-6-11(16)14(12)18(20)21/h1-7,13,17,19H,8H2. The van der Waals surface area contributed by atoms with Gasteiger partial charge in [-0.2, -0.15) is 4.39 Å². The van der Waals surface area contributed by atoms with Crippen LogP contribution in [0.1, 0.15) is 11.7 Å². The summed E-state index contributed by atoms with van der Waals surface area (Å²) in [5, 5.41) is 23.3. The summed E-state index contributed by atoms with van der Waals surface area (Å²) >= 11 is 0. The molecule has 2 rings (SSSR count). The van der Waals surface area contributed by atoms with Gasteiger partial charge in [-0.25, -0.2) is 4.39 Å². The molecule has 0 spiro atoms. The first-order valence-corrected chi connectivity index (χ1v) is 6.10. The zero-order valence-corrected chi connectivity index (χ0v) is 10.8. The zero-order chi connectivity index (χ0) is 15.4. The molecule has 110 valence electrons. The van der Waals surface area contributed by atoms with Crippen LogP contribution in [0.25, 0.3) is 0 Å². The molecule has 1 unspecified atom stereocenters. The van der Waals surface area contributed by atoms with Crippen molar-refractivity contribution in [1.29, 1.82) is 0 Å². The highest BCUT2D eigenvalue weighted by Gasteiger charge is 2.20. The maximum atomic E-state index is 13.5. The predicted molar refractivity (Wildman–Crippen MR) is 72.9 cm³/mol. The minimum atomic E-state index is -1.21. The van der Waals surface area contributed by atoms with Gasteiger partial charge < -0.3 is 10.4 Å². The highest BCUT2D eigenvalue weighted by Crippen LogP contribution is 2.28. The van der Waals surface area contributed by atoms with E-state index in [4.69, 9.17) is 0 Å². The Kier molecular flexibility index (Phi) is 4.44. The van der Waals surface area contributed by atoms with Gasteiger partial charge in [0.1, 0.15) is 11.5 Å². The molecule has 0 amide bonds. The summed E-state index contributed by atoms with van der Waals surface area (Å²) in [4.78, 5) is 9.96. The molecule has 2 N–H and O–H groups in total. The average molecular weight is 294 g/mol. The molecule has 0 radical (unpaired) electrons. The van der Waals surface area contributed by atoms with E-state index in [1.165, 1.54) is 30.3 Å². The van der Waals surface area contributed by atoms with Gasteiger partial charge in [0.15, 0.2) is 0 Å². The number of rotatable bonds is 5. The van der Waals surface area contributed by atoms with Gasteiger partial charge in [-0.15, -0.1) is 0 Å². The van der Waals surface area contributed by atoms with Gasteiger partial charge in [-0.3, -0.25) is 10.1 Å². The van der Waals surface area contributed by atoms with Crippen molar-refractivity contribution in [2.45, 2.75) is 6.10 Å². The number of nitro benzene ring substituents is 1. The van der Waals surface area contributed by atoms with Crippen LogP contribution in [0.3, 0.4) is 0 Å². The quantitative estimate of drug-likeness (QED) is 0.656. The molecule has 0 saturated carbocycles. The van der Waals surface area contributed by atoms with E-state index in [1.54, 1.807) is 6.07 Å². The molecule has 0 bridgehead atoms. The molecule has 0 fully saturated rings. The zero-order valence-electron chi connectivity index (χ0n) is 10.8. The fourth-order valence-electron chi connectivity index (χ4n) is 1.91. The fraction of sp³-hybridized carbons (Fsp3) is 0.143. The van der Waals surface area contributed by atoms with E-state index in [0.717, 1.165) is 6.07 Å². The molecule has 21 heavy (non-hydrogen) atoms. The normalized spacial score (nSPS) is 12.0. The van der Waals surface area contributed by atoms with Crippen LogP contribution in [-0.4, -0.2) is 16.6 Å². The smallest absolute Gasteiger partial charge is 0.327 e. The highest BCUT2D eigenvalue weighted by molar-refractivity contribution is 5.62. The minimum absolute atomic E-state index is 0.0593. The van der Waals surface area contributed by atoms with Gasteiger partial charge in [0.05, 0.1) is 11.0 Å². The molecule has 0 heterocycles. The summed E-state index contributed by atoms with van der Waals surface area (Å²) < 4.78 is 26.9. The lowest BCUT2D eigenvalue weighted by atomic mass is 10.1. The summed E-state index contributed by atoms with van der Waals surface area (Å²) in [6, 6.07) is 9.24. The van der Waals surface area contributed by atoms with E-state index in [2.05, 4.69) is 5.32 Å². The van der Waals surface area contributed by atoms with Gasteiger partial charge in [0.25, 0.3) is 0 Å². The van der Waals surface area contributed by atoms with Crippen LogP contribution in [0.4, 0.5) is 20.2 Å². The van der Waals surface area contributed by atoms with Crippen molar-refractivity contribution in [1.82, 2.24) is 0 Å². The van der Waals surface area contributed by atoms with Crippen LogP contribution in [-0.2, 0) is 0 Å². The molecule has 0 aromatic heterocycles. The van der Waals surface area contributed by atoms with E-state index >= 15 is 0 Å². The van der Waals surface area contributed by atoms with Crippen molar-refractivity contribution >= 4 is 11.4 Å². The summed E-state index contributed by atoms with van der Waals surface area (Å²) in [6.07, 6.45) is -1.21. The van der Waals surface area contributed by atoms with Crippen LogP contribution < -0.4 is 5.32 Å². The second kappa shape index (κ2) is 6.27. The molecule has 0 aliphatic heterocycles. The van der Waals surface area contributed by atoms with Crippen LogP contribution in [0.15, 0.2) is 42.5 Å². The Labute approximate surface area is 119 Å². The summed E-state index contributed by atoms with van der Waals surface area (Å²) in [5.41, 5.74) is -0.724. The number of nitrogens with one attached hydrogen (secondary N) is 1. The third kappa shape index (κ3) is 3.32. The van der Waals surface area contributed by atoms with Crippen molar-refractivity contribution in [2.75, 3.05) is 11.9 Å². The first-order valence-electron chi connectivity index (χ1n) is 6.10. The van der Waals surface area contributed by atoms with Crippen LogP contribution in [0.5, 0.6) is 0 Å². The number of hydrogen-bond acceptors (Lipinski definition) is 4. The maximum Gasteiger partial charge on any atom is 0.327 e. The number of hydrogen-bond donors (Lipinski definition) is 2. The Balaban J connectivity index is 2.16. The monoisotopic (exact) mass is 294 g/mol. The van der Waals surface area contributed by atoms with Gasteiger partial charge in [0.2, 0.25) is 5.82 Å². The van der Waals surface area contributed by atoms with E-state index in [9.17, 15) is 24.0 Å². The lowest BCUT2D eigenvalue weighted by molar-refractivity contribution is -0.386. The van der Waals surface area contributed by atoms with Crippen molar-refractivity contribution < 1.29 is 18.8 Å². The molecular weight excluding hydrogens is 282 g/mol. The SMILES string of the molecule is O=[N+]([O-])c1c(F)cccc1NCC(O)c1ccccc1F. The number of aliphatic hydroxyl groups is 1. The predicted octanol–water partition coefficient (Wildman–Crippen LogP) is 3.02. The molecule has 0 aliphatic carbocycles.